The average Bonchev–Trinajstić information content (AvgIpc) is 3.43. The van der Waals surface area contributed by atoms with E-state index in [4.69, 9.17) is 9.15 Å². The highest BCUT2D eigenvalue weighted by Gasteiger charge is 2.28. The number of furan rings is 1. The van der Waals surface area contributed by atoms with E-state index in [1.165, 1.54) is 12.1 Å². The number of rotatable bonds is 5. The summed E-state index contributed by atoms with van der Waals surface area (Å²) in [6.07, 6.45) is 1.83. The number of aldehydes is 1. The van der Waals surface area contributed by atoms with Crippen molar-refractivity contribution in [3.63, 3.8) is 0 Å². The molecule has 31 heavy (non-hydrogen) atoms. The number of piperazine rings is 1. The fourth-order valence-corrected chi connectivity index (χ4v) is 4.23. The number of likely N-dealkylation sites (N-methyl/N-ethyl adjacent to an activating group) is 1. The number of anilines is 1. The van der Waals surface area contributed by atoms with Gasteiger partial charge in [-0.2, -0.15) is 0 Å². The van der Waals surface area contributed by atoms with Crippen LogP contribution in [0.5, 0.6) is 5.75 Å². The van der Waals surface area contributed by atoms with Gasteiger partial charge in [0.1, 0.15) is 17.3 Å². The zero-order chi connectivity index (χ0) is 21.4. The molecule has 5 rings (SSSR count). The van der Waals surface area contributed by atoms with Gasteiger partial charge in [-0.3, -0.25) is 9.69 Å². The lowest BCUT2D eigenvalue weighted by Gasteiger charge is -2.37. The molecule has 7 heteroatoms. The van der Waals surface area contributed by atoms with Crippen LogP contribution in [0.3, 0.4) is 0 Å². The summed E-state index contributed by atoms with van der Waals surface area (Å²) in [5, 5.41) is 3.00. The number of carbonyl (C=O) groups excluding carboxylic acids is 1. The van der Waals surface area contributed by atoms with Crippen LogP contribution in [0.25, 0.3) is 11.1 Å². The highest BCUT2D eigenvalue weighted by atomic mass is 19.1. The molecule has 2 aromatic carbocycles. The van der Waals surface area contributed by atoms with E-state index in [9.17, 15) is 9.18 Å². The fourth-order valence-electron chi connectivity index (χ4n) is 4.23. The molecular weight excluding hydrogens is 397 g/mol. The summed E-state index contributed by atoms with van der Waals surface area (Å²) in [6, 6.07) is 14.4. The second-order valence-corrected chi connectivity index (χ2v) is 8.06. The van der Waals surface area contributed by atoms with Crippen LogP contribution in [-0.2, 0) is 4.79 Å². The van der Waals surface area contributed by atoms with Crippen LogP contribution in [-0.4, -0.2) is 55.5 Å². The van der Waals surface area contributed by atoms with E-state index < -0.39 is 6.23 Å². The molecule has 0 spiro atoms. The predicted octanol–water partition coefficient (Wildman–Crippen LogP) is 3.75. The van der Waals surface area contributed by atoms with Crippen molar-refractivity contribution in [2.24, 2.45) is 0 Å². The number of hydrogen-bond acceptors (Lipinski definition) is 6. The van der Waals surface area contributed by atoms with Crippen LogP contribution in [0.4, 0.5) is 10.1 Å². The summed E-state index contributed by atoms with van der Waals surface area (Å²) < 4.78 is 25.2. The maximum atomic E-state index is 13.6. The van der Waals surface area contributed by atoms with Gasteiger partial charge in [0.05, 0.1) is 18.0 Å². The van der Waals surface area contributed by atoms with E-state index in [-0.39, 0.29) is 11.9 Å². The molecule has 6 nitrogen and oxygen atoms in total. The maximum absolute atomic E-state index is 13.6. The standard InChI is InChI=1S/C24H24FN3O3/c1-27-8-10-28(11-9-27)24(16-2-5-19(25)6-3-16)22-13-18(15-30-22)17-4-7-20-21(12-17)31-23(14-29)26-20/h2-7,12-15,23-24,26H,8-11H2,1H3/t23?,24-/m0/s1. The molecule has 1 aromatic heterocycles. The zero-order valence-corrected chi connectivity index (χ0v) is 17.3. The van der Waals surface area contributed by atoms with Crippen LogP contribution in [0.15, 0.2) is 59.2 Å². The summed E-state index contributed by atoms with van der Waals surface area (Å²) in [7, 11) is 2.12. The number of nitrogens with one attached hydrogen (secondary N) is 1. The zero-order valence-electron chi connectivity index (χ0n) is 17.3. The van der Waals surface area contributed by atoms with Gasteiger partial charge in [-0.25, -0.2) is 4.39 Å². The molecule has 0 bridgehead atoms. The van der Waals surface area contributed by atoms with Crippen molar-refractivity contribution in [1.29, 1.82) is 0 Å². The first-order valence-corrected chi connectivity index (χ1v) is 10.4. The van der Waals surface area contributed by atoms with Gasteiger partial charge in [-0.15, -0.1) is 0 Å². The molecule has 1 N–H and O–H groups in total. The SMILES string of the molecule is CN1CCN([C@@H](c2ccc(F)cc2)c2cc(-c3ccc4c(c3)OC(C=O)N4)co2)CC1. The number of benzene rings is 2. The molecule has 0 aliphatic carbocycles. The first-order valence-electron chi connectivity index (χ1n) is 10.4. The Balaban J connectivity index is 1.46. The Morgan fingerprint density at radius 3 is 2.58 bits per heavy atom. The molecule has 1 fully saturated rings. The second kappa shape index (κ2) is 8.17. The van der Waals surface area contributed by atoms with Crippen molar-refractivity contribution in [2.75, 3.05) is 38.5 Å². The molecule has 0 saturated carbocycles. The van der Waals surface area contributed by atoms with Crippen molar-refractivity contribution in [3.05, 3.63) is 71.9 Å². The van der Waals surface area contributed by atoms with E-state index >= 15 is 0 Å². The van der Waals surface area contributed by atoms with Crippen molar-refractivity contribution >= 4 is 12.0 Å². The Bertz CT molecular complexity index is 1070. The Kier molecular flexibility index (Phi) is 5.21. The topological polar surface area (TPSA) is 58.0 Å². The molecule has 0 amide bonds. The minimum absolute atomic E-state index is 0.0881. The predicted molar refractivity (Wildman–Crippen MR) is 116 cm³/mol. The second-order valence-electron chi connectivity index (χ2n) is 8.06. The third-order valence-corrected chi connectivity index (χ3v) is 5.97. The number of carbonyl (C=O) groups is 1. The van der Waals surface area contributed by atoms with Crippen LogP contribution >= 0.6 is 0 Å². The number of nitrogens with zero attached hydrogens (tertiary/aromatic N) is 2. The minimum Gasteiger partial charge on any atom is -0.467 e. The number of hydrogen-bond donors (Lipinski definition) is 1. The molecule has 2 aliphatic heterocycles. The molecule has 2 atom stereocenters. The Morgan fingerprint density at radius 1 is 1.06 bits per heavy atom. The van der Waals surface area contributed by atoms with E-state index in [0.29, 0.717) is 5.75 Å². The Labute approximate surface area is 180 Å². The Hall–Kier alpha value is -3.16. The number of ether oxygens (including phenoxy) is 1. The first kappa shape index (κ1) is 19.8. The summed E-state index contributed by atoms with van der Waals surface area (Å²) >= 11 is 0. The monoisotopic (exact) mass is 421 g/mol. The molecule has 0 radical (unpaired) electrons. The lowest BCUT2D eigenvalue weighted by molar-refractivity contribution is -0.112. The number of halogens is 1. The number of fused-ring (bicyclic) bond motifs is 1. The van der Waals surface area contributed by atoms with E-state index in [2.05, 4.69) is 22.2 Å². The van der Waals surface area contributed by atoms with E-state index in [1.54, 1.807) is 6.26 Å². The highest BCUT2D eigenvalue weighted by molar-refractivity contribution is 5.76. The molecule has 3 heterocycles. The van der Waals surface area contributed by atoms with Gasteiger partial charge >= 0.3 is 0 Å². The summed E-state index contributed by atoms with van der Waals surface area (Å²) in [4.78, 5) is 15.7. The van der Waals surface area contributed by atoms with Crippen molar-refractivity contribution in [2.45, 2.75) is 12.3 Å². The van der Waals surface area contributed by atoms with E-state index in [1.807, 2.05) is 36.4 Å². The minimum atomic E-state index is -0.648. The fraction of sp³-hybridized carbons (Fsp3) is 0.292. The average molecular weight is 421 g/mol. The molecular formula is C24H24FN3O3. The molecule has 3 aromatic rings. The van der Waals surface area contributed by atoms with Crippen LogP contribution in [0.2, 0.25) is 0 Å². The summed E-state index contributed by atoms with van der Waals surface area (Å²) in [5.74, 6) is 1.21. The van der Waals surface area contributed by atoms with Gasteiger partial charge < -0.3 is 19.4 Å². The van der Waals surface area contributed by atoms with Crippen LogP contribution in [0.1, 0.15) is 17.4 Å². The Morgan fingerprint density at radius 2 is 1.84 bits per heavy atom. The van der Waals surface area contributed by atoms with Crippen LogP contribution in [0, 0.1) is 5.82 Å². The quantitative estimate of drug-likeness (QED) is 0.634. The third kappa shape index (κ3) is 3.94. The lowest BCUT2D eigenvalue weighted by Crippen LogP contribution is -2.46. The van der Waals surface area contributed by atoms with Crippen molar-refractivity contribution < 1.29 is 18.3 Å². The highest BCUT2D eigenvalue weighted by Crippen LogP contribution is 2.38. The van der Waals surface area contributed by atoms with Gasteiger partial charge in [0.25, 0.3) is 0 Å². The van der Waals surface area contributed by atoms with Crippen molar-refractivity contribution in [3.8, 4) is 16.9 Å². The van der Waals surface area contributed by atoms with Gasteiger partial charge in [0.2, 0.25) is 6.23 Å². The molecule has 1 saturated heterocycles. The van der Waals surface area contributed by atoms with Gasteiger partial charge in [0.15, 0.2) is 6.29 Å². The normalized spacial score (nSPS) is 20.0. The molecule has 1 unspecified atom stereocenters. The van der Waals surface area contributed by atoms with E-state index in [0.717, 1.165) is 60.6 Å². The van der Waals surface area contributed by atoms with Gasteiger partial charge in [-0.1, -0.05) is 18.2 Å². The third-order valence-electron chi connectivity index (χ3n) is 5.97. The summed E-state index contributed by atoms with van der Waals surface area (Å²) in [5.41, 5.74) is 3.67. The largest absolute Gasteiger partial charge is 0.467 e. The maximum Gasteiger partial charge on any atom is 0.226 e. The molecule has 160 valence electrons. The summed E-state index contributed by atoms with van der Waals surface area (Å²) in [6.45, 7) is 3.75. The van der Waals surface area contributed by atoms with Crippen molar-refractivity contribution in [1.82, 2.24) is 9.80 Å². The smallest absolute Gasteiger partial charge is 0.226 e. The van der Waals surface area contributed by atoms with Gasteiger partial charge in [-0.05, 0) is 48.5 Å². The first-order chi connectivity index (χ1) is 15.1. The molecule has 2 aliphatic rings. The van der Waals surface area contributed by atoms with Crippen LogP contribution < -0.4 is 10.1 Å². The van der Waals surface area contributed by atoms with Gasteiger partial charge in [0, 0.05) is 31.7 Å². The lowest BCUT2D eigenvalue weighted by atomic mass is 10.00.